The Hall–Kier alpha value is -1.32. The monoisotopic (exact) mass is 279 g/mol. The van der Waals surface area contributed by atoms with Crippen molar-refractivity contribution in [1.29, 1.82) is 0 Å². The zero-order chi connectivity index (χ0) is 12.8. The van der Waals surface area contributed by atoms with Crippen molar-refractivity contribution >= 4 is 29.1 Å². The number of ether oxygens (including phenoxy) is 1. The quantitative estimate of drug-likeness (QED) is 0.509. The standard InChI is InChI=1S/C14H14ClNOS/c15-11-4-6-14(7-5-11)18-9-8-17-13-3-1-2-12(16)10-13/h1-7,10H,8-9,16H2. The molecule has 0 unspecified atom stereocenters. The number of anilines is 1. The first kappa shape index (κ1) is 13.1. The molecule has 0 atom stereocenters. The van der Waals surface area contributed by atoms with Crippen LogP contribution in [0.5, 0.6) is 5.75 Å². The minimum atomic E-state index is 0.650. The number of thioether (sulfide) groups is 1. The molecular weight excluding hydrogens is 266 g/mol. The summed E-state index contributed by atoms with van der Waals surface area (Å²) in [6.45, 7) is 0.650. The van der Waals surface area contributed by atoms with Gasteiger partial charge >= 0.3 is 0 Å². The van der Waals surface area contributed by atoms with Crippen molar-refractivity contribution < 1.29 is 4.74 Å². The van der Waals surface area contributed by atoms with Crippen molar-refractivity contribution in [3.05, 3.63) is 53.6 Å². The maximum absolute atomic E-state index is 5.82. The maximum atomic E-state index is 5.82. The predicted molar refractivity (Wildman–Crippen MR) is 78.5 cm³/mol. The number of hydrogen-bond acceptors (Lipinski definition) is 3. The van der Waals surface area contributed by atoms with Gasteiger partial charge in [-0.1, -0.05) is 17.7 Å². The van der Waals surface area contributed by atoms with Crippen LogP contribution in [-0.4, -0.2) is 12.4 Å². The molecule has 2 aromatic carbocycles. The summed E-state index contributed by atoms with van der Waals surface area (Å²) in [6.07, 6.45) is 0. The van der Waals surface area contributed by atoms with Crippen LogP contribution in [-0.2, 0) is 0 Å². The van der Waals surface area contributed by atoms with Crippen molar-refractivity contribution in [3.63, 3.8) is 0 Å². The lowest BCUT2D eigenvalue weighted by Crippen LogP contribution is -2.00. The molecule has 0 radical (unpaired) electrons. The molecular formula is C14H14ClNOS. The molecule has 0 saturated carbocycles. The molecule has 94 valence electrons. The second-order valence-electron chi connectivity index (χ2n) is 3.72. The minimum Gasteiger partial charge on any atom is -0.493 e. The van der Waals surface area contributed by atoms with Gasteiger partial charge in [-0.25, -0.2) is 0 Å². The number of hydrogen-bond donors (Lipinski definition) is 1. The average Bonchev–Trinajstić information content (AvgIpc) is 2.37. The molecule has 0 heterocycles. The normalized spacial score (nSPS) is 10.3. The summed E-state index contributed by atoms with van der Waals surface area (Å²) in [4.78, 5) is 1.19. The first-order valence-electron chi connectivity index (χ1n) is 5.61. The fraction of sp³-hybridized carbons (Fsp3) is 0.143. The number of rotatable bonds is 5. The van der Waals surface area contributed by atoms with Crippen LogP contribution in [0.3, 0.4) is 0 Å². The van der Waals surface area contributed by atoms with Gasteiger partial charge in [-0.05, 0) is 36.4 Å². The molecule has 0 aliphatic rings. The van der Waals surface area contributed by atoms with Gasteiger partial charge in [-0.2, -0.15) is 0 Å². The Balaban J connectivity index is 1.74. The third-order valence-corrected chi connectivity index (χ3v) is 3.52. The molecule has 2 nitrogen and oxygen atoms in total. The first-order valence-corrected chi connectivity index (χ1v) is 6.97. The summed E-state index contributed by atoms with van der Waals surface area (Å²) in [5, 5.41) is 0.760. The second kappa shape index (κ2) is 6.57. The van der Waals surface area contributed by atoms with Crippen LogP contribution in [0.15, 0.2) is 53.4 Å². The van der Waals surface area contributed by atoms with Crippen molar-refractivity contribution in [2.45, 2.75) is 4.90 Å². The smallest absolute Gasteiger partial charge is 0.121 e. The van der Waals surface area contributed by atoms with Crippen LogP contribution in [0.2, 0.25) is 5.02 Å². The molecule has 2 aromatic rings. The molecule has 18 heavy (non-hydrogen) atoms. The molecule has 4 heteroatoms. The van der Waals surface area contributed by atoms with Crippen LogP contribution >= 0.6 is 23.4 Å². The molecule has 0 saturated heterocycles. The van der Waals surface area contributed by atoms with Gasteiger partial charge in [0, 0.05) is 27.4 Å². The fourth-order valence-corrected chi connectivity index (χ4v) is 2.31. The molecule has 0 spiro atoms. The lowest BCUT2D eigenvalue weighted by Gasteiger charge is -2.06. The number of halogens is 1. The average molecular weight is 280 g/mol. The lowest BCUT2D eigenvalue weighted by atomic mass is 10.3. The highest BCUT2D eigenvalue weighted by atomic mass is 35.5. The third-order valence-electron chi connectivity index (χ3n) is 2.29. The van der Waals surface area contributed by atoms with Crippen molar-refractivity contribution in [2.75, 3.05) is 18.1 Å². The third kappa shape index (κ3) is 4.17. The first-order chi connectivity index (χ1) is 8.74. The number of benzene rings is 2. The molecule has 0 aliphatic carbocycles. The Bertz CT molecular complexity index is 501. The predicted octanol–water partition coefficient (Wildman–Crippen LogP) is 4.09. The summed E-state index contributed by atoms with van der Waals surface area (Å²) in [7, 11) is 0. The highest BCUT2D eigenvalue weighted by Crippen LogP contribution is 2.21. The van der Waals surface area contributed by atoms with Gasteiger partial charge in [-0.15, -0.1) is 11.8 Å². The summed E-state index contributed by atoms with van der Waals surface area (Å²) >= 11 is 7.56. The van der Waals surface area contributed by atoms with Crippen molar-refractivity contribution in [3.8, 4) is 5.75 Å². The summed E-state index contributed by atoms with van der Waals surface area (Å²) < 4.78 is 5.61. The lowest BCUT2D eigenvalue weighted by molar-refractivity contribution is 0.344. The summed E-state index contributed by atoms with van der Waals surface area (Å²) in [5.41, 5.74) is 6.39. The molecule has 0 aromatic heterocycles. The van der Waals surface area contributed by atoms with E-state index in [2.05, 4.69) is 0 Å². The van der Waals surface area contributed by atoms with Gasteiger partial charge < -0.3 is 10.5 Å². The van der Waals surface area contributed by atoms with Crippen LogP contribution in [0.4, 0.5) is 5.69 Å². The molecule has 2 N–H and O–H groups in total. The van der Waals surface area contributed by atoms with Crippen LogP contribution < -0.4 is 10.5 Å². The summed E-state index contributed by atoms with van der Waals surface area (Å²) in [5.74, 6) is 1.70. The van der Waals surface area contributed by atoms with E-state index in [1.807, 2.05) is 48.5 Å². The Morgan fingerprint density at radius 2 is 1.89 bits per heavy atom. The van der Waals surface area contributed by atoms with E-state index < -0.39 is 0 Å². The number of nitrogen functional groups attached to an aromatic ring is 1. The van der Waals surface area contributed by atoms with Crippen LogP contribution in [0.25, 0.3) is 0 Å². The molecule has 0 aliphatic heterocycles. The van der Waals surface area contributed by atoms with E-state index in [-0.39, 0.29) is 0 Å². The second-order valence-corrected chi connectivity index (χ2v) is 5.33. The molecule has 2 rings (SSSR count). The van der Waals surface area contributed by atoms with E-state index in [4.69, 9.17) is 22.1 Å². The highest BCUT2D eigenvalue weighted by molar-refractivity contribution is 7.99. The van der Waals surface area contributed by atoms with Crippen LogP contribution in [0, 0.1) is 0 Å². The van der Waals surface area contributed by atoms with Crippen molar-refractivity contribution in [2.24, 2.45) is 0 Å². The minimum absolute atomic E-state index is 0.650. The van der Waals surface area contributed by atoms with E-state index in [1.165, 1.54) is 4.90 Å². The van der Waals surface area contributed by atoms with E-state index in [0.717, 1.165) is 22.2 Å². The Morgan fingerprint density at radius 1 is 1.11 bits per heavy atom. The van der Waals surface area contributed by atoms with Gasteiger partial charge in [0.25, 0.3) is 0 Å². The van der Waals surface area contributed by atoms with Gasteiger partial charge in [0.05, 0.1) is 6.61 Å². The largest absolute Gasteiger partial charge is 0.493 e. The van der Waals surface area contributed by atoms with Crippen LogP contribution in [0.1, 0.15) is 0 Å². The zero-order valence-corrected chi connectivity index (χ0v) is 11.4. The molecule has 0 bridgehead atoms. The Kier molecular flexibility index (Phi) is 4.79. The molecule has 0 fully saturated rings. The van der Waals surface area contributed by atoms with E-state index in [9.17, 15) is 0 Å². The van der Waals surface area contributed by atoms with Crippen molar-refractivity contribution in [1.82, 2.24) is 0 Å². The Labute approximate surface area is 116 Å². The van der Waals surface area contributed by atoms with E-state index in [0.29, 0.717) is 6.61 Å². The number of nitrogens with two attached hydrogens (primary N) is 1. The van der Waals surface area contributed by atoms with E-state index >= 15 is 0 Å². The zero-order valence-electron chi connectivity index (χ0n) is 9.80. The highest BCUT2D eigenvalue weighted by Gasteiger charge is 1.97. The van der Waals surface area contributed by atoms with Gasteiger partial charge in [0.2, 0.25) is 0 Å². The van der Waals surface area contributed by atoms with Gasteiger partial charge in [0.1, 0.15) is 5.75 Å². The van der Waals surface area contributed by atoms with Gasteiger partial charge in [0.15, 0.2) is 0 Å². The van der Waals surface area contributed by atoms with Gasteiger partial charge in [-0.3, -0.25) is 0 Å². The Morgan fingerprint density at radius 3 is 2.61 bits per heavy atom. The fourth-order valence-electron chi connectivity index (χ4n) is 1.45. The topological polar surface area (TPSA) is 35.2 Å². The van der Waals surface area contributed by atoms with E-state index in [1.54, 1.807) is 11.8 Å². The molecule has 0 amide bonds. The summed E-state index contributed by atoms with van der Waals surface area (Å²) in [6, 6.07) is 15.3. The SMILES string of the molecule is Nc1cccc(OCCSc2ccc(Cl)cc2)c1. The maximum Gasteiger partial charge on any atom is 0.121 e.